The van der Waals surface area contributed by atoms with Crippen molar-refractivity contribution >= 4 is 64.2 Å². The number of aliphatic imine (C=N–C) groups is 2. The van der Waals surface area contributed by atoms with Gasteiger partial charge >= 0.3 is 11.7 Å². The minimum absolute atomic E-state index is 0. The summed E-state index contributed by atoms with van der Waals surface area (Å²) in [6.07, 6.45) is -0.0628. The molecule has 0 bridgehead atoms. The minimum atomic E-state index is -1.21. The third-order valence-electron chi connectivity index (χ3n) is 8.79. The van der Waals surface area contributed by atoms with Crippen LogP contribution in [0.15, 0.2) is 73.8 Å². The van der Waals surface area contributed by atoms with E-state index in [9.17, 15) is 33.6 Å². The second-order valence-corrected chi connectivity index (χ2v) is 14.4. The molecule has 1 heterocycles. The normalized spacial score (nSPS) is 12.0. The smallest absolute Gasteiger partial charge is 0.408 e. The number of anilines is 1. The molecule has 21 nitrogen and oxygen atoms in total. The Labute approximate surface area is 359 Å². The largest absolute Gasteiger partial charge is 0.445 e. The Morgan fingerprint density at radius 2 is 1.31 bits per heavy atom. The van der Waals surface area contributed by atoms with E-state index in [1.54, 1.807) is 43.3 Å². The first-order valence-corrected chi connectivity index (χ1v) is 19.6. The Bertz CT molecular complexity index is 2100. The molecule has 14 N–H and O–H groups in total. The number of ether oxygens (including phenoxy) is 1. The maximum atomic E-state index is 13.8. The van der Waals surface area contributed by atoms with E-state index in [0.29, 0.717) is 16.6 Å². The van der Waals surface area contributed by atoms with Gasteiger partial charge in [0.05, 0.1) is 13.1 Å². The van der Waals surface area contributed by atoms with Gasteiger partial charge in [0, 0.05) is 36.3 Å². The van der Waals surface area contributed by atoms with Crippen LogP contribution in [0.4, 0.5) is 10.5 Å². The van der Waals surface area contributed by atoms with Gasteiger partial charge in [-0.1, -0.05) is 51.6 Å². The van der Waals surface area contributed by atoms with Gasteiger partial charge in [0.25, 0.3) is 0 Å². The average molecular weight is 865 g/mol. The summed E-state index contributed by atoms with van der Waals surface area (Å²) in [4.78, 5) is 98.5. The number of rotatable bonds is 23. The van der Waals surface area contributed by atoms with Crippen molar-refractivity contribution in [2.75, 3.05) is 31.5 Å². The molecular formula is C41H60N12O9. The molecule has 3 atom stereocenters. The average Bonchev–Trinajstić information content (AvgIpc) is 3.20. The third-order valence-corrected chi connectivity index (χ3v) is 8.79. The van der Waals surface area contributed by atoms with E-state index >= 15 is 0 Å². The number of guanidine groups is 2. The number of benzene rings is 2. The van der Waals surface area contributed by atoms with Gasteiger partial charge in [0.15, 0.2) is 11.9 Å². The van der Waals surface area contributed by atoms with Crippen molar-refractivity contribution < 1.29 is 37.9 Å². The van der Waals surface area contributed by atoms with E-state index < -0.39 is 72.5 Å². The summed E-state index contributed by atoms with van der Waals surface area (Å²) in [5.41, 5.74) is 23.2. The van der Waals surface area contributed by atoms with E-state index in [-0.39, 0.29) is 82.6 Å². The van der Waals surface area contributed by atoms with E-state index in [1.165, 1.54) is 12.1 Å². The molecule has 0 unspecified atom stereocenters. The number of hydrogen-bond acceptors (Lipinski definition) is 11. The number of aryl methyl sites for hydroxylation is 1. The first kappa shape index (κ1) is 51.0. The first-order valence-electron chi connectivity index (χ1n) is 19.6. The molecular weight excluding hydrogens is 805 g/mol. The van der Waals surface area contributed by atoms with Crippen molar-refractivity contribution in [3.8, 4) is 0 Å². The molecule has 0 radical (unpaired) electrons. The maximum Gasteiger partial charge on any atom is 0.408 e. The number of hydrogen-bond donors (Lipinski definition) is 10. The number of carbonyl (C=O) groups excluding carboxylic acids is 6. The van der Waals surface area contributed by atoms with Crippen molar-refractivity contribution in [2.45, 2.75) is 85.0 Å². The molecule has 21 heteroatoms. The van der Waals surface area contributed by atoms with Crippen LogP contribution in [0, 0.1) is 12.8 Å². The molecule has 0 spiro atoms. The Kier molecular flexibility index (Phi) is 21.5. The summed E-state index contributed by atoms with van der Waals surface area (Å²) in [5.74, 6) is -3.86. The molecule has 0 aliphatic rings. The standard InChI is InChI=1S/C40H56N12O9.CH4/c1-23(2)17-30(51-36(57)29(12-8-16-46-39(43)44)52-40(59)60-22-25-9-5-4-6-10-25)37(58)50-28(11-7-15-45-38(41)42)35(56)48-20-32(53)47-21-33(54)49-26-13-14-27-24(3)18-34(55)61-31(27)19-26;/h4-6,9-10,13-14,18-19,23,28-30H,7-8,11-12,15-17,20-22H2,1-3H3,(H,47,53)(H,48,56)(H,49,54)(H,50,58)(H,51,57)(H,52,59)(H4,41,42,45)(H4,43,44,46);1H4/t28-,29-,30-;/m0./s1. The van der Waals surface area contributed by atoms with E-state index in [1.807, 2.05) is 19.9 Å². The molecule has 3 rings (SSSR count). The number of carbonyl (C=O) groups is 6. The van der Waals surface area contributed by atoms with Crippen LogP contribution in [0.2, 0.25) is 0 Å². The highest BCUT2D eigenvalue weighted by Gasteiger charge is 2.30. The molecule has 0 fully saturated rings. The lowest BCUT2D eigenvalue weighted by Crippen LogP contribution is -2.57. The van der Waals surface area contributed by atoms with Gasteiger partial charge < -0.3 is 64.0 Å². The fourth-order valence-electron chi connectivity index (χ4n) is 5.84. The fraction of sp³-hybridized carbons (Fsp3) is 0.439. The van der Waals surface area contributed by atoms with Gasteiger partial charge in [-0.05, 0) is 68.2 Å². The Morgan fingerprint density at radius 1 is 0.726 bits per heavy atom. The third kappa shape index (κ3) is 18.8. The zero-order valence-corrected chi connectivity index (χ0v) is 34.5. The van der Waals surface area contributed by atoms with Gasteiger partial charge in [-0.3, -0.25) is 34.0 Å². The van der Waals surface area contributed by atoms with Crippen LogP contribution in [-0.2, 0) is 35.3 Å². The lowest BCUT2D eigenvalue weighted by atomic mass is 10.0. The van der Waals surface area contributed by atoms with Gasteiger partial charge in [-0.15, -0.1) is 0 Å². The van der Waals surface area contributed by atoms with Crippen molar-refractivity contribution in [3.05, 3.63) is 76.1 Å². The Balaban J connectivity index is 0.0000132. The number of alkyl carbamates (subject to hydrolysis) is 1. The molecule has 0 saturated carbocycles. The van der Waals surface area contributed by atoms with Crippen molar-refractivity contribution in [2.24, 2.45) is 38.8 Å². The summed E-state index contributed by atoms with van der Waals surface area (Å²) in [6, 6.07) is 11.5. The van der Waals surface area contributed by atoms with Crippen LogP contribution in [0.25, 0.3) is 11.0 Å². The predicted molar refractivity (Wildman–Crippen MR) is 235 cm³/mol. The second-order valence-electron chi connectivity index (χ2n) is 14.4. The molecule has 1 aromatic heterocycles. The van der Waals surface area contributed by atoms with Crippen LogP contribution in [0.1, 0.15) is 64.5 Å². The monoisotopic (exact) mass is 864 g/mol. The Hall–Kier alpha value is -7.19. The van der Waals surface area contributed by atoms with Crippen molar-refractivity contribution in [1.29, 1.82) is 0 Å². The summed E-state index contributed by atoms with van der Waals surface area (Å²) in [7, 11) is 0. The topological polar surface area (TPSA) is 343 Å². The molecule has 0 aliphatic heterocycles. The number of nitrogens with two attached hydrogens (primary N) is 4. The number of nitrogens with zero attached hydrogens (tertiary/aromatic N) is 2. The predicted octanol–water partition coefficient (Wildman–Crippen LogP) is 0.326. The summed E-state index contributed by atoms with van der Waals surface area (Å²) in [6.45, 7) is 4.66. The zero-order chi connectivity index (χ0) is 44.9. The second kappa shape index (κ2) is 26.1. The molecule has 0 aliphatic carbocycles. The molecule has 0 saturated heterocycles. The molecule has 6 amide bonds. The zero-order valence-electron chi connectivity index (χ0n) is 34.5. The van der Waals surface area contributed by atoms with E-state index in [0.717, 1.165) is 5.56 Å². The lowest BCUT2D eigenvalue weighted by molar-refractivity contribution is -0.133. The first-order chi connectivity index (χ1) is 29.0. The van der Waals surface area contributed by atoms with Crippen molar-refractivity contribution in [3.63, 3.8) is 0 Å². The highest BCUT2D eigenvalue weighted by atomic mass is 16.5. The van der Waals surface area contributed by atoms with Gasteiger partial charge in [-0.25, -0.2) is 9.59 Å². The van der Waals surface area contributed by atoms with Crippen LogP contribution in [0.3, 0.4) is 0 Å². The molecule has 62 heavy (non-hydrogen) atoms. The summed E-state index contributed by atoms with van der Waals surface area (Å²) in [5, 5.41) is 16.1. The van der Waals surface area contributed by atoms with Crippen LogP contribution in [-0.4, -0.2) is 91.9 Å². The van der Waals surface area contributed by atoms with E-state index in [2.05, 4.69) is 41.9 Å². The van der Waals surface area contributed by atoms with Crippen LogP contribution >= 0.6 is 0 Å². The molecule has 3 aromatic rings. The van der Waals surface area contributed by atoms with Gasteiger partial charge in [-0.2, -0.15) is 0 Å². The highest BCUT2D eigenvalue weighted by molar-refractivity contribution is 5.98. The Morgan fingerprint density at radius 3 is 1.92 bits per heavy atom. The van der Waals surface area contributed by atoms with Crippen LogP contribution < -0.4 is 60.5 Å². The summed E-state index contributed by atoms with van der Waals surface area (Å²) < 4.78 is 10.5. The number of amides is 6. The quantitative estimate of drug-likeness (QED) is 0.0266. The van der Waals surface area contributed by atoms with Crippen LogP contribution in [0.5, 0.6) is 0 Å². The number of nitrogens with one attached hydrogen (secondary N) is 6. The maximum absolute atomic E-state index is 13.8. The number of fused-ring (bicyclic) bond motifs is 1. The van der Waals surface area contributed by atoms with Gasteiger partial charge in [0.2, 0.25) is 29.5 Å². The van der Waals surface area contributed by atoms with Gasteiger partial charge in [0.1, 0.15) is 30.3 Å². The SMILES string of the molecule is C.Cc1cc(=O)oc2cc(NC(=O)CNC(=O)CNC(=O)[C@H](CCCN=C(N)N)NC(=O)[C@H](CC(C)C)NC(=O)[C@H](CCCN=C(N)N)NC(=O)OCc3ccccc3)ccc12. The molecule has 338 valence electrons. The van der Waals surface area contributed by atoms with Crippen molar-refractivity contribution in [1.82, 2.24) is 26.6 Å². The molecule has 2 aromatic carbocycles. The lowest BCUT2D eigenvalue weighted by Gasteiger charge is -2.26. The summed E-state index contributed by atoms with van der Waals surface area (Å²) >= 11 is 0. The van der Waals surface area contributed by atoms with E-state index in [4.69, 9.17) is 32.1 Å². The minimum Gasteiger partial charge on any atom is -0.445 e. The fourth-order valence-corrected chi connectivity index (χ4v) is 5.84. The highest BCUT2D eigenvalue weighted by Crippen LogP contribution is 2.20.